The van der Waals surface area contributed by atoms with Crippen LogP contribution in [0.5, 0.6) is 5.75 Å². The normalized spacial score (nSPS) is 10.3. The fraction of sp³-hybridized carbons (Fsp3) is 0.267. The molecule has 0 bridgehead atoms. The molecule has 0 fully saturated rings. The molecular formula is C15H16N2O4. The number of carboxylic acid groups (broad SMARTS) is 1. The van der Waals surface area contributed by atoms with Gasteiger partial charge in [0.2, 0.25) is 0 Å². The molecule has 0 saturated heterocycles. The van der Waals surface area contributed by atoms with E-state index in [4.69, 9.17) is 9.84 Å². The summed E-state index contributed by atoms with van der Waals surface area (Å²) >= 11 is 0. The lowest BCUT2D eigenvalue weighted by atomic mass is 10.2. The van der Waals surface area contributed by atoms with Gasteiger partial charge in [-0.05, 0) is 19.1 Å². The third kappa shape index (κ3) is 4.76. The number of ether oxygens (including phenoxy) is 1. The zero-order chi connectivity index (χ0) is 15.2. The van der Waals surface area contributed by atoms with Gasteiger partial charge in [-0.25, -0.2) is 4.98 Å². The van der Waals surface area contributed by atoms with Crippen molar-refractivity contribution in [2.24, 2.45) is 0 Å². The van der Waals surface area contributed by atoms with Gasteiger partial charge in [0.05, 0.1) is 18.7 Å². The second-order valence-electron chi connectivity index (χ2n) is 4.67. The Bertz CT molecular complexity index is 677. The van der Waals surface area contributed by atoms with Crippen molar-refractivity contribution in [1.29, 1.82) is 0 Å². The molecule has 6 heteroatoms. The second-order valence-corrected chi connectivity index (χ2v) is 4.67. The summed E-state index contributed by atoms with van der Waals surface area (Å²) in [5.41, 5.74) is 1.04. The van der Waals surface area contributed by atoms with Crippen LogP contribution in [0.1, 0.15) is 17.1 Å². The number of carboxylic acids is 1. The molecule has 110 valence electrons. The molecule has 2 aromatic rings. The van der Waals surface area contributed by atoms with E-state index in [9.17, 15) is 9.59 Å². The smallest absolute Gasteiger partial charge is 0.309 e. The molecule has 0 atom stereocenters. The van der Waals surface area contributed by atoms with Gasteiger partial charge in [0.15, 0.2) is 0 Å². The molecule has 0 aliphatic carbocycles. The molecule has 1 aromatic heterocycles. The number of benzene rings is 1. The Kier molecular flexibility index (Phi) is 4.71. The largest absolute Gasteiger partial charge is 0.493 e. The minimum Gasteiger partial charge on any atom is -0.493 e. The quantitative estimate of drug-likeness (QED) is 0.836. The number of rotatable bonds is 6. The maximum absolute atomic E-state index is 11.4. The highest BCUT2D eigenvalue weighted by Crippen LogP contribution is 2.11. The van der Waals surface area contributed by atoms with Gasteiger partial charge in [-0.15, -0.1) is 0 Å². The molecule has 1 heterocycles. The van der Waals surface area contributed by atoms with E-state index in [0.717, 1.165) is 11.3 Å². The van der Waals surface area contributed by atoms with Gasteiger partial charge in [0, 0.05) is 12.5 Å². The average Bonchev–Trinajstić information content (AvgIpc) is 2.39. The Hall–Kier alpha value is -2.63. The molecule has 2 rings (SSSR count). The molecule has 0 saturated carbocycles. The van der Waals surface area contributed by atoms with Crippen LogP contribution in [-0.4, -0.2) is 27.7 Å². The standard InChI is InChI=1S/C15H16N2O4/c1-10-2-4-12(5-3-10)21-7-6-13-16-11(9-15(19)20)8-14(18)17-13/h2-5,8H,6-7,9H2,1H3,(H,19,20)(H,16,17,18). The third-order valence-electron chi connectivity index (χ3n) is 2.80. The van der Waals surface area contributed by atoms with Crippen molar-refractivity contribution in [3.63, 3.8) is 0 Å². The van der Waals surface area contributed by atoms with Gasteiger partial charge < -0.3 is 14.8 Å². The van der Waals surface area contributed by atoms with E-state index in [1.165, 1.54) is 6.07 Å². The van der Waals surface area contributed by atoms with Crippen LogP contribution in [0.15, 0.2) is 35.1 Å². The van der Waals surface area contributed by atoms with Crippen molar-refractivity contribution in [1.82, 2.24) is 9.97 Å². The van der Waals surface area contributed by atoms with Crippen LogP contribution in [0, 0.1) is 6.92 Å². The number of aromatic nitrogens is 2. The van der Waals surface area contributed by atoms with Crippen LogP contribution in [0.2, 0.25) is 0 Å². The van der Waals surface area contributed by atoms with E-state index in [1.54, 1.807) is 0 Å². The summed E-state index contributed by atoms with van der Waals surface area (Å²) in [5, 5.41) is 8.72. The molecule has 0 radical (unpaired) electrons. The molecule has 2 N–H and O–H groups in total. The number of aryl methyl sites for hydroxylation is 1. The Morgan fingerprint density at radius 1 is 1.33 bits per heavy atom. The molecule has 0 aliphatic heterocycles. The summed E-state index contributed by atoms with van der Waals surface area (Å²) in [6, 6.07) is 8.82. The molecular weight excluding hydrogens is 272 g/mol. The second kappa shape index (κ2) is 6.69. The SMILES string of the molecule is Cc1ccc(OCCc2nc(CC(=O)O)cc(=O)[nH]2)cc1. The summed E-state index contributed by atoms with van der Waals surface area (Å²) in [5.74, 6) is 0.144. The first-order chi connectivity index (χ1) is 10.0. The lowest BCUT2D eigenvalue weighted by Gasteiger charge is -2.06. The van der Waals surface area contributed by atoms with Crippen LogP contribution in [-0.2, 0) is 17.6 Å². The summed E-state index contributed by atoms with van der Waals surface area (Å²) in [6.07, 6.45) is 0.131. The maximum Gasteiger partial charge on any atom is 0.309 e. The van der Waals surface area contributed by atoms with Gasteiger partial charge in [-0.1, -0.05) is 17.7 Å². The van der Waals surface area contributed by atoms with Crippen molar-refractivity contribution < 1.29 is 14.6 Å². The Morgan fingerprint density at radius 2 is 2.05 bits per heavy atom. The number of aliphatic carboxylic acids is 1. The third-order valence-corrected chi connectivity index (χ3v) is 2.80. The minimum absolute atomic E-state index is 0.247. The number of carbonyl (C=O) groups is 1. The summed E-state index contributed by atoms with van der Waals surface area (Å²) in [6.45, 7) is 2.34. The Labute approximate surface area is 121 Å². The van der Waals surface area contributed by atoms with E-state index in [2.05, 4.69) is 9.97 Å². The van der Waals surface area contributed by atoms with Crippen molar-refractivity contribution in [3.05, 3.63) is 57.8 Å². The van der Waals surface area contributed by atoms with E-state index >= 15 is 0 Å². The van der Waals surface area contributed by atoms with E-state index in [1.807, 2.05) is 31.2 Å². The minimum atomic E-state index is -1.02. The summed E-state index contributed by atoms with van der Waals surface area (Å²) < 4.78 is 5.55. The predicted octanol–water partition coefficient (Wildman–Crippen LogP) is 1.33. The van der Waals surface area contributed by atoms with Crippen molar-refractivity contribution in [3.8, 4) is 5.75 Å². The Balaban J connectivity index is 1.96. The molecule has 0 amide bonds. The van der Waals surface area contributed by atoms with Crippen molar-refractivity contribution in [2.45, 2.75) is 19.8 Å². The highest BCUT2D eigenvalue weighted by atomic mass is 16.5. The molecule has 0 spiro atoms. The molecule has 1 aromatic carbocycles. The maximum atomic E-state index is 11.4. The summed E-state index contributed by atoms with van der Waals surface area (Å²) in [4.78, 5) is 28.8. The van der Waals surface area contributed by atoms with Gasteiger partial charge in [0.25, 0.3) is 5.56 Å². The van der Waals surface area contributed by atoms with Crippen LogP contribution in [0.3, 0.4) is 0 Å². The monoisotopic (exact) mass is 288 g/mol. The first-order valence-electron chi connectivity index (χ1n) is 6.53. The van der Waals surface area contributed by atoms with Gasteiger partial charge in [0.1, 0.15) is 11.6 Å². The lowest BCUT2D eigenvalue weighted by molar-refractivity contribution is -0.136. The fourth-order valence-corrected chi connectivity index (χ4v) is 1.83. The van der Waals surface area contributed by atoms with Gasteiger partial charge in [-0.2, -0.15) is 0 Å². The molecule has 21 heavy (non-hydrogen) atoms. The van der Waals surface area contributed by atoms with E-state index in [0.29, 0.717) is 18.9 Å². The topological polar surface area (TPSA) is 92.3 Å². The number of hydrogen-bond donors (Lipinski definition) is 2. The predicted molar refractivity (Wildman–Crippen MR) is 76.6 cm³/mol. The highest BCUT2D eigenvalue weighted by Gasteiger charge is 2.06. The van der Waals surface area contributed by atoms with Gasteiger partial charge in [-0.3, -0.25) is 9.59 Å². The molecule has 0 unspecified atom stereocenters. The highest BCUT2D eigenvalue weighted by molar-refractivity contribution is 5.69. The zero-order valence-corrected chi connectivity index (χ0v) is 11.6. The van der Waals surface area contributed by atoms with Gasteiger partial charge >= 0.3 is 5.97 Å². The van der Waals surface area contributed by atoms with E-state index in [-0.39, 0.29) is 17.7 Å². The zero-order valence-electron chi connectivity index (χ0n) is 11.6. The Morgan fingerprint density at radius 3 is 2.71 bits per heavy atom. The number of hydrogen-bond acceptors (Lipinski definition) is 4. The fourth-order valence-electron chi connectivity index (χ4n) is 1.83. The number of nitrogens with one attached hydrogen (secondary N) is 1. The first kappa shape index (κ1) is 14.8. The van der Waals surface area contributed by atoms with E-state index < -0.39 is 5.97 Å². The van der Waals surface area contributed by atoms with Crippen LogP contribution in [0.25, 0.3) is 0 Å². The van der Waals surface area contributed by atoms with Crippen LogP contribution in [0.4, 0.5) is 0 Å². The number of nitrogens with zero attached hydrogens (tertiary/aromatic N) is 1. The van der Waals surface area contributed by atoms with Crippen LogP contribution < -0.4 is 10.3 Å². The number of H-pyrrole nitrogens is 1. The lowest BCUT2D eigenvalue weighted by Crippen LogP contribution is -2.16. The first-order valence-corrected chi connectivity index (χ1v) is 6.53. The van der Waals surface area contributed by atoms with Crippen molar-refractivity contribution >= 4 is 5.97 Å². The molecule has 0 aliphatic rings. The summed E-state index contributed by atoms with van der Waals surface area (Å²) in [7, 11) is 0. The van der Waals surface area contributed by atoms with Crippen molar-refractivity contribution in [2.75, 3.05) is 6.61 Å². The molecule has 6 nitrogen and oxygen atoms in total. The number of aromatic amines is 1. The van der Waals surface area contributed by atoms with Crippen LogP contribution >= 0.6 is 0 Å². The average molecular weight is 288 g/mol.